The molecule has 0 amide bonds. The normalized spacial score (nSPS) is 29.1. The molecule has 0 unspecified atom stereocenters. The third-order valence-corrected chi connectivity index (χ3v) is 6.27. The maximum absolute atomic E-state index is 10.9. The Morgan fingerprint density at radius 1 is 0.923 bits per heavy atom. The van der Waals surface area contributed by atoms with Gasteiger partial charge in [0, 0.05) is 19.6 Å². The maximum atomic E-state index is 10.9. The van der Waals surface area contributed by atoms with Crippen LogP contribution in [0.3, 0.4) is 0 Å². The second-order valence-electron chi connectivity index (χ2n) is 7.95. The van der Waals surface area contributed by atoms with Crippen LogP contribution < -0.4 is 0 Å². The van der Waals surface area contributed by atoms with Crippen molar-refractivity contribution in [1.29, 1.82) is 0 Å². The van der Waals surface area contributed by atoms with Crippen LogP contribution in [0.5, 0.6) is 0 Å². The van der Waals surface area contributed by atoms with Gasteiger partial charge in [0.05, 0.1) is 29.5 Å². The summed E-state index contributed by atoms with van der Waals surface area (Å²) >= 11 is 0. The van der Waals surface area contributed by atoms with E-state index in [-0.39, 0.29) is 12.1 Å². The van der Waals surface area contributed by atoms with Crippen molar-refractivity contribution >= 4 is 11.0 Å². The van der Waals surface area contributed by atoms with Crippen LogP contribution in [0.15, 0.2) is 60.9 Å². The quantitative estimate of drug-likeness (QED) is 0.789. The Balaban J connectivity index is 1.34. The number of aliphatic hydroxyl groups is 1. The summed E-state index contributed by atoms with van der Waals surface area (Å²) in [5, 5.41) is 10.9. The average Bonchev–Trinajstić information content (AvgIpc) is 3.25. The lowest BCUT2D eigenvalue weighted by atomic mass is 9.77. The first-order valence-corrected chi connectivity index (χ1v) is 9.64. The summed E-state index contributed by atoms with van der Waals surface area (Å²) in [6, 6.07) is 19.1. The minimum absolute atomic E-state index is 0.139. The van der Waals surface area contributed by atoms with Gasteiger partial charge in [0.2, 0.25) is 0 Å². The highest BCUT2D eigenvalue weighted by Crippen LogP contribution is 2.42. The third-order valence-electron chi connectivity index (χ3n) is 6.27. The largest absolute Gasteiger partial charge is 0.391 e. The average molecular weight is 347 g/mol. The zero-order chi connectivity index (χ0) is 17.5. The Hall–Kier alpha value is -2.17. The SMILES string of the molecule is O[C@@H]1C[C@H]2CN(Cc3ccccc3)C[C@H]2C[C@H]1n1cnc2ccccc21. The lowest BCUT2D eigenvalue weighted by Crippen LogP contribution is -2.36. The molecule has 2 fully saturated rings. The fraction of sp³-hybridized carbons (Fsp3) is 0.409. The number of aliphatic hydroxyl groups excluding tert-OH is 1. The fourth-order valence-corrected chi connectivity index (χ4v) is 5.02. The van der Waals surface area contributed by atoms with E-state index in [1.165, 1.54) is 5.56 Å². The minimum Gasteiger partial charge on any atom is -0.391 e. The van der Waals surface area contributed by atoms with Gasteiger partial charge in [-0.2, -0.15) is 0 Å². The molecule has 1 N–H and O–H groups in total. The van der Waals surface area contributed by atoms with E-state index in [9.17, 15) is 5.11 Å². The minimum atomic E-state index is -0.287. The van der Waals surface area contributed by atoms with Crippen molar-refractivity contribution in [3.8, 4) is 0 Å². The molecule has 4 heteroatoms. The van der Waals surface area contributed by atoms with Crippen molar-refractivity contribution in [2.45, 2.75) is 31.5 Å². The molecule has 4 atom stereocenters. The molecule has 26 heavy (non-hydrogen) atoms. The Morgan fingerprint density at radius 2 is 1.65 bits per heavy atom. The number of likely N-dealkylation sites (tertiary alicyclic amines) is 1. The molecule has 1 aromatic heterocycles. The molecule has 2 aliphatic rings. The van der Waals surface area contributed by atoms with Gasteiger partial charge >= 0.3 is 0 Å². The molecule has 4 nitrogen and oxygen atoms in total. The van der Waals surface area contributed by atoms with Crippen molar-refractivity contribution in [3.63, 3.8) is 0 Å². The molecule has 1 aliphatic carbocycles. The zero-order valence-electron chi connectivity index (χ0n) is 14.9. The second-order valence-corrected chi connectivity index (χ2v) is 7.95. The van der Waals surface area contributed by atoms with Crippen molar-refractivity contribution in [1.82, 2.24) is 14.5 Å². The first-order valence-electron chi connectivity index (χ1n) is 9.64. The van der Waals surface area contributed by atoms with Gasteiger partial charge in [0.1, 0.15) is 0 Å². The summed E-state index contributed by atoms with van der Waals surface area (Å²) in [4.78, 5) is 7.09. The number of aromatic nitrogens is 2. The predicted molar refractivity (Wildman–Crippen MR) is 103 cm³/mol. The lowest BCUT2D eigenvalue weighted by molar-refractivity contribution is 0.0374. The Kier molecular flexibility index (Phi) is 4.03. The van der Waals surface area contributed by atoms with Crippen LogP contribution in [0.1, 0.15) is 24.4 Å². The van der Waals surface area contributed by atoms with Crippen LogP contribution in [0, 0.1) is 11.8 Å². The highest BCUT2D eigenvalue weighted by Gasteiger charge is 2.42. The lowest BCUT2D eigenvalue weighted by Gasteiger charge is -2.36. The van der Waals surface area contributed by atoms with E-state index in [4.69, 9.17) is 0 Å². The number of hydrogen-bond donors (Lipinski definition) is 1. The number of imidazole rings is 1. The van der Waals surface area contributed by atoms with Gasteiger partial charge in [0.25, 0.3) is 0 Å². The maximum Gasteiger partial charge on any atom is 0.0961 e. The van der Waals surface area contributed by atoms with Crippen molar-refractivity contribution in [2.24, 2.45) is 11.8 Å². The molecule has 1 saturated carbocycles. The van der Waals surface area contributed by atoms with Gasteiger partial charge in [-0.15, -0.1) is 0 Å². The van der Waals surface area contributed by atoms with E-state index in [2.05, 4.69) is 56.9 Å². The van der Waals surface area contributed by atoms with Gasteiger partial charge in [-0.1, -0.05) is 42.5 Å². The number of para-hydroxylation sites is 2. The van der Waals surface area contributed by atoms with Crippen LogP contribution in [0.4, 0.5) is 0 Å². The molecule has 2 aromatic carbocycles. The summed E-state index contributed by atoms with van der Waals surface area (Å²) in [5.41, 5.74) is 3.52. The van der Waals surface area contributed by atoms with E-state index in [1.807, 2.05) is 18.5 Å². The Morgan fingerprint density at radius 3 is 2.50 bits per heavy atom. The molecule has 1 aliphatic heterocycles. The van der Waals surface area contributed by atoms with E-state index < -0.39 is 0 Å². The summed E-state index contributed by atoms with van der Waals surface area (Å²) < 4.78 is 2.20. The van der Waals surface area contributed by atoms with Crippen LogP contribution in [-0.4, -0.2) is 38.8 Å². The van der Waals surface area contributed by atoms with Gasteiger partial charge in [-0.05, 0) is 42.4 Å². The summed E-state index contributed by atoms with van der Waals surface area (Å²) in [5.74, 6) is 1.27. The fourth-order valence-electron chi connectivity index (χ4n) is 5.02. The van der Waals surface area contributed by atoms with Gasteiger partial charge in [-0.25, -0.2) is 4.98 Å². The van der Waals surface area contributed by atoms with Crippen molar-refractivity contribution < 1.29 is 5.11 Å². The topological polar surface area (TPSA) is 41.3 Å². The van der Waals surface area contributed by atoms with Crippen LogP contribution in [-0.2, 0) is 6.54 Å². The van der Waals surface area contributed by atoms with Crippen LogP contribution in [0.2, 0.25) is 0 Å². The Labute approximate surface area is 154 Å². The number of nitrogens with zero attached hydrogens (tertiary/aromatic N) is 3. The molecule has 3 aromatic rings. The first-order chi connectivity index (χ1) is 12.8. The van der Waals surface area contributed by atoms with Crippen LogP contribution in [0.25, 0.3) is 11.0 Å². The highest BCUT2D eigenvalue weighted by molar-refractivity contribution is 5.75. The monoisotopic (exact) mass is 347 g/mol. The number of benzene rings is 2. The van der Waals surface area contributed by atoms with E-state index in [0.29, 0.717) is 11.8 Å². The standard InChI is InChI=1S/C22H25N3O/c26-22-11-18-14-24(12-16-6-2-1-3-7-16)13-17(18)10-21(22)25-15-23-19-8-4-5-9-20(19)25/h1-9,15,17-18,21-22,26H,10-14H2/t17-,18+,21-,22-/m1/s1. The smallest absolute Gasteiger partial charge is 0.0961 e. The molecular weight excluding hydrogens is 322 g/mol. The summed E-state index contributed by atoms with van der Waals surface area (Å²) in [6.07, 6.45) is 3.56. The van der Waals surface area contributed by atoms with Crippen LogP contribution >= 0.6 is 0 Å². The van der Waals surface area contributed by atoms with E-state index in [0.717, 1.165) is 43.5 Å². The molecule has 0 radical (unpaired) electrons. The summed E-state index contributed by atoms with van der Waals surface area (Å²) in [7, 11) is 0. The van der Waals surface area contributed by atoms with Crippen molar-refractivity contribution in [2.75, 3.05) is 13.1 Å². The molecule has 0 bridgehead atoms. The second kappa shape index (κ2) is 6.53. The van der Waals surface area contributed by atoms with E-state index >= 15 is 0 Å². The predicted octanol–water partition coefficient (Wildman–Crippen LogP) is 3.48. The number of fused-ring (bicyclic) bond motifs is 2. The Bertz CT molecular complexity index is 891. The highest BCUT2D eigenvalue weighted by atomic mass is 16.3. The molecule has 134 valence electrons. The molecule has 2 heterocycles. The third kappa shape index (κ3) is 2.83. The molecule has 0 spiro atoms. The van der Waals surface area contributed by atoms with Gasteiger partial charge < -0.3 is 9.67 Å². The van der Waals surface area contributed by atoms with Gasteiger partial charge in [-0.3, -0.25) is 4.90 Å². The number of rotatable bonds is 3. The molecule has 5 rings (SSSR count). The van der Waals surface area contributed by atoms with Gasteiger partial charge in [0.15, 0.2) is 0 Å². The molecular formula is C22H25N3O. The van der Waals surface area contributed by atoms with E-state index in [1.54, 1.807) is 0 Å². The first kappa shape index (κ1) is 16.0. The zero-order valence-corrected chi connectivity index (χ0v) is 14.9. The molecule has 1 saturated heterocycles. The number of hydrogen-bond acceptors (Lipinski definition) is 3. The van der Waals surface area contributed by atoms with Crippen molar-refractivity contribution in [3.05, 3.63) is 66.5 Å². The summed E-state index contributed by atoms with van der Waals surface area (Å²) in [6.45, 7) is 3.26.